The minimum absolute atomic E-state index is 0.000117. The number of thiophene rings is 1. The summed E-state index contributed by atoms with van der Waals surface area (Å²) in [5, 5.41) is 18.5. The number of nitrogens with zero attached hydrogens (tertiary/aromatic N) is 2. The molecule has 2 aromatic heterocycles. The van der Waals surface area contributed by atoms with E-state index in [1.54, 1.807) is 12.1 Å². The summed E-state index contributed by atoms with van der Waals surface area (Å²) in [5.74, 6) is -0.0803. The summed E-state index contributed by atoms with van der Waals surface area (Å²) < 4.78 is 27.2. The van der Waals surface area contributed by atoms with Gasteiger partial charge in [0.25, 0.3) is 10.0 Å². The van der Waals surface area contributed by atoms with Crippen molar-refractivity contribution in [2.24, 2.45) is 11.8 Å². The third-order valence-corrected chi connectivity index (χ3v) is 9.39. The molecule has 3 heterocycles. The summed E-state index contributed by atoms with van der Waals surface area (Å²) in [6, 6.07) is 8.02. The quantitative estimate of drug-likeness (QED) is 0.321. The first-order valence-electron chi connectivity index (χ1n) is 13.4. The fourth-order valence-corrected chi connectivity index (χ4v) is 6.88. The third kappa shape index (κ3) is 9.14. The van der Waals surface area contributed by atoms with Crippen LogP contribution in [-0.4, -0.2) is 66.4 Å². The van der Waals surface area contributed by atoms with Crippen molar-refractivity contribution in [1.29, 1.82) is 0 Å². The second-order valence-corrected chi connectivity index (χ2v) is 13.2. The summed E-state index contributed by atoms with van der Waals surface area (Å²) in [6.07, 6.45) is 5.24. The Morgan fingerprint density at radius 1 is 1.21 bits per heavy atom. The van der Waals surface area contributed by atoms with Crippen molar-refractivity contribution < 1.29 is 23.1 Å². The fourth-order valence-electron chi connectivity index (χ4n) is 4.74. The van der Waals surface area contributed by atoms with Crippen LogP contribution < -0.4 is 10.6 Å². The normalized spacial score (nSPS) is 19.6. The van der Waals surface area contributed by atoms with Crippen LogP contribution in [0.3, 0.4) is 0 Å². The molecule has 0 radical (unpaired) electrons. The zero-order valence-electron chi connectivity index (χ0n) is 22.2. The molecule has 38 heavy (non-hydrogen) atoms. The lowest BCUT2D eigenvalue weighted by Crippen LogP contribution is -2.48. The van der Waals surface area contributed by atoms with E-state index in [1.165, 1.54) is 27.9 Å². The number of amides is 2. The van der Waals surface area contributed by atoms with E-state index in [4.69, 9.17) is 0 Å². The summed E-state index contributed by atoms with van der Waals surface area (Å²) in [7, 11) is -3.74. The van der Waals surface area contributed by atoms with E-state index < -0.39 is 22.2 Å². The molecule has 2 aromatic rings. The molecule has 2 unspecified atom stereocenters. The summed E-state index contributed by atoms with van der Waals surface area (Å²) >= 11 is 1.52. The number of aliphatic hydroxyl groups is 1. The molecule has 3 rings (SSSR count). The van der Waals surface area contributed by atoms with Gasteiger partial charge in [0.15, 0.2) is 5.03 Å². The van der Waals surface area contributed by atoms with Crippen molar-refractivity contribution in [2.75, 3.05) is 19.6 Å². The maximum absolute atomic E-state index is 12.9. The number of aliphatic hydroxyl groups excluding tert-OH is 1. The molecule has 0 aliphatic carbocycles. The highest BCUT2D eigenvalue weighted by molar-refractivity contribution is 7.89. The lowest BCUT2D eigenvalue weighted by atomic mass is 9.92. The Labute approximate surface area is 230 Å². The van der Waals surface area contributed by atoms with Crippen molar-refractivity contribution >= 4 is 33.2 Å². The molecule has 2 amide bonds. The van der Waals surface area contributed by atoms with Gasteiger partial charge in [-0.2, -0.15) is 4.31 Å². The lowest BCUT2D eigenvalue weighted by molar-refractivity contribution is -0.129. The lowest BCUT2D eigenvalue weighted by Gasteiger charge is -2.24. The molecule has 0 aromatic carbocycles. The van der Waals surface area contributed by atoms with Gasteiger partial charge in [-0.3, -0.25) is 9.59 Å². The highest BCUT2D eigenvalue weighted by atomic mass is 32.2. The van der Waals surface area contributed by atoms with Gasteiger partial charge in [0, 0.05) is 30.7 Å². The number of hydrogen-bond donors (Lipinski definition) is 3. The molecule has 210 valence electrons. The molecular formula is C27H40N4O5S2. The second-order valence-electron chi connectivity index (χ2n) is 10.3. The first-order valence-corrected chi connectivity index (χ1v) is 15.7. The molecule has 1 saturated heterocycles. The predicted molar refractivity (Wildman–Crippen MR) is 148 cm³/mol. The van der Waals surface area contributed by atoms with Gasteiger partial charge in [-0.05, 0) is 67.5 Å². The van der Waals surface area contributed by atoms with Gasteiger partial charge >= 0.3 is 0 Å². The molecule has 0 spiro atoms. The van der Waals surface area contributed by atoms with Crippen molar-refractivity contribution in [3.63, 3.8) is 0 Å². The Kier molecular flexibility index (Phi) is 11.7. The van der Waals surface area contributed by atoms with Crippen molar-refractivity contribution in [1.82, 2.24) is 19.9 Å². The van der Waals surface area contributed by atoms with Crippen molar-refractivity contribution in [3.05, 3.63) is 46.8 Å². The van der Waals surface area contributed by atoms with Crippen LogP contribution in [0, 0.1) is 11.8 Å². The minimum atomic E-state index is -3.74. The number of sulfonamides is 1. The maximum Gasteiger partial charge on any atom is 0.260 e. The topological polar surface area (TPSA) is 129 Å². The zero-order chi connectivity index (χ0) is 27.5. The Morgan fingerprint density at radius 2 is 2.03 bits per heavy atom. The summed E-state index contributed by atoms with van der Waals surface area (Å²) in [6.45, 7) is 4.94. The van der Waals surface area contributed by atoms with Crippen LogP contribution in [0.4, 0.5) is 0 Å². The van der Waals surface area contributed by atoms with Gasteiger partial charge in [-0.25, -0.2) is 13.4 Å². The first-order chi connectivity index (χ1) is 18.2. The van der Waals surface area contributed by atoms with E-state index in [2.05, 4.69) is 15.6 Å². The number of hydrogen-bond acceptors (Lipinski definition) is 7. The molecule has 1 aliphatic rings. The highest BCUT2D eigenvalue weighted by Gasteiger charge is 2.33. The molecule has 9 nitrogen and oxygen atoms in total. The number of carbonyl (C=O) groups is 2. The standard InChI is InChI=1S/C27H40N4O5S2/c1-20(2)17-23(30-25(33)18-22-11-8-16-37-22)27(34)29-14-5-3-9-21-10-7-15-31(19-24(21)32)38(35,36)26-12-4-6-13-28-26/h4,6,8,11-13,16,20-21,23-24,32H,3,5,7,9-10,14-15,17-19H2,1-2H3,(H,29,34)(H,30,33)/t21?,23?,24-/m1/s1. The number of pyridine rings is 1. The van der Waals surface area contributed by atoms with Gasteiger partial charge in [0.1, 0.15) is 6.04 Å². The van der Waals surface area contributed by atoms with Gasteiger partial charge in [0.05, 0.1) is 12.5 Å². The van der Waals surface area contributed by atoms with Crippen molar-refractivity contribution in [3.8, 4) is 0 Å². The monoisotopic (exact) mass is 564 g/mol. The Bertz CT molecular complexity index is 1110. The zero-order valence-corrected chi connectivity index (χ0v) is 23.8. The van der Waals surface area contributed by atoms with Crippen LogP contribution in [0.1, 0.15) is 57.2 Å². The van der Waals surface area contributed by atoms with Gasteiger partial charge in [-0.1, -0.05) is 32.4 Å². The molecule has 0 saturated carbocycles. The SMILES string of the molecule is CC(C)CC(NC(=O)Cc1cccs1)C(=O)NCCCCC1CCCN(S(=O)(=O)c2ccccn2)C[C@H]1O. The average Bonchev–Trinajstić information content (AvgIpc) is 3.31. The Balaban J connectivity index is 1.41. The highest BCUT2D eigenvalue weighted by Crippen LogP contribution is 2.26. The molecule has 0 bridgehead atoms. The minimum Gasteiger partial charge on any atom is -0.391 e. The number of nitrogens with one attached hydrogen (secondary N) is 2. The fraction of sp³-hybridized carbons (Fsp3) is 0.593. The maximum atomic E-state index is 12.9. The van der Waals surface area contributed by atoms with E-state index >= 15 is 0 Å². The summed E-state index contributed by atoms with van der Waals surface area (Å²) in [5.41, 5.74) is 0. The molecule has 3 N–H and O–H groups in total. The van der Waals surface area contributed by atoms with Gasteiger partial charge in [0.2, 0.25) is 11.8 Å². The van der Waals surface area contributed by atoms with Gasteiger partial charge in [-0.15, -0.1) is 11.3 Å². The van der Waals surface area contributed by atoms with E-state index in [0.29, 0.717) is 25.9 Å². The predicted octanol–water partition coefficient (Wildman–Crippen LogP) is 2.96. The van der Waals surface area contributed by atoms with E-state index in [-0.39, 0.29) is 41.6 Å². The van der Waals surface area contributed by atoms with Gasteiger partial charge < -0.3 is 15.7 Å². The summed E-state index contributed by atoms with van der Waals surface area (Å²) in [4.78, 5) is 30.2. The molecule has 11 heteroatoms. The third-order valence-electron chi connectivity index (χ3n) is 6.73. The first kappa shape index (κ1) is 30.2. The molecule has 1 fully saturated rings. The number of β-amino-alcohol motifs (C(OH)–C–C–N with tert-alkyl or cyclic N) is 1. The molecular weight excluding hydrogens is 524 g/mol. The van der Waals surface area contributed by atoms with Crippen LogP contribution in [0.5, 0.6) is 0 Å². The molecule has 3 atom stereocenters. The largest absolute Gasteiger partial charge is 0.391 e. The van der Waals surface area contributed by atoms with Crippen LogP contribution in [0.2, 0.25) is 0 Å². The van der Waals surface area contributed by atoms with Crippen molar-refractivity contribution in [2.45, 2.75) is 76.0 Å². The van der Waals surface area contributed by atoms with Crippen LogP contribution in [0.25, 0.3) is 0 Å². The average molecular weight is 565 g/mol. The number of rotatable bonds is 13. The number of unbranched alkanes of at least 4 members (excludes halogenated alkanes) is 1. The van der Waals surface area contributed by atoms with Crippen LogP contribution in [-0.2, 0) is 26.0 Å². The van der Waals surface area contributed by atoms with Crippen LogP contribution >= 0.6 is 11.3 Å². The smallest absolute Gasteiger partial charge is 0.260 e. The van der Waals surface area contributed by atoms with Crippen LogP contribution in [0.15, 0.2) is 46.9 Å². The second kappa shape index (κ2) is 14.7. The molecule has 1 aliphatic heterocycles. The number of aromatic nitrogens is 1. The number of carbonyl (C=O) groups excluding carboxylic acids is 2. The Morgan fingerprint density at radius 3 is 2.71 bits per heavy atom. The van der Waals surface area contributed by atoms with E-state index in [9.17, 15) is 23.1 Å². The van der Waals surface area contributed by atoms with E-state index in [0.717, 1.165) is 30.6 Å². The Hall–Kier alpha value is -2.34. The van der Waals surface area contributed by atoms with E-state index in [1.807, 2.05) is 31.4 Å².